The average molecular weight is 349 g/mol. The van der Waals surface area contributed by atoms with Crippen LogP contribution in [0.5, 0.6) is 0 Å². The van der Waals surface area contributed by atoms with E-state index in [1.165, 1.54) is 5.69 Å². The normalized spacial score (nSPS) is 18.9. The van der Waals surface area contributed by atoms with Crippen LogP contribution in [0, 0.1) is 5.92 Å². The molecule has 1 aromatic carbocycles. The van der Waals surface area contributed by atoms with Gasteiger partial charge in [0.25, 0.3) is 0 Å². The number of fused-ring (bicyclic) bond motifs is 1. The predicted octanol–water partition coefficient (Wildman–Crippen LogP) is 2.67. The molecular weight excluding hydrogens is 324 g/mol. The molecule has 0 saturated heterocycles. The van der Waals surface area contributed by atoms with Crippen LogP contribution >= 0.6 is 12.4 Å². The summed E-state index contributed by atoms with van der Waals surface area (Å²) in [6, 6.07) is 9.53. The van der Waals surface area contributed by atoms with Gasteiger partial charge in [-0.15, -0.1) is 12.4 Å². The number of aryl methyl sites for hydroxylation is 1. The summed E-state index contributed by atoms with van der Waals surface area (Å²) in [5.74, 6) is -0.275. The molecule has 5 nitrogen and oxygen atoms in total. The summed E-state index contributed by atoms with van der Waals surface area (Å²) in [5.41, 5.74) is 9.62. The molecule has 1 aromatic heterocycles. The molecule has 3 unspecified atom stereocenters. The van der Waals surface area contributed by atoms with Gasteiger partial charge in [0.2, 0.25) is 5.91 Å². The first-order valence-corrected chi connectivity index (χ1v) is 8.19. The van der Waals surface area contributed by atoms with Gasteiger partial charge in [0.05, 0.1) is 18.2 Å². The molecule has 0 spiro atoms. The van der Waals surface area contributed by atoms with Gasteiger partial charge in [0.15, 0.2) is 0 Å². The molecule has 0 bridgehead atoms. The fourth-order valence-corrected chi connectivity index (χ4v) is 3.29. The molecule has 3 N–H and O–H groups in total. The van der Waals surface area contributed by atoms with Gasteiger partial charge in [-0.2, -0.15) is 5.10 Å². The Hall–Kier alpha value is -1.85. The van der Waals surface area contributed by atoms with Crippen molar-refractivity contribution in [1.82, 2.24) is 15.1 Å². The lowest BCUT2D eigenvalue weighted by Crippen LogP contribution is -2.38. The molecule has 24 heavy (non-hydrogen) atoms. The van der Waals surface area contributed by atoms with Crippen LogP contribution in [0.15, 0.2) is 36.5 Å². The molecule has 3 rings (SSSR count). The minimum absolute atomic E-state index is 0. The number of nitrogens with one attached hydrogen (secondary N) is 1. The molecule has 0 saturated carbocycles. The summed E-state index contributed by atoms with van der Waals surface area (Å²) in [6.07, 6.45) is 4.92. The molecule has 1 amide bonds. The van der Waals surface area contributed by atoms with Gasteiger partial charge >= 0.3 is 0 Å². The lowest BCUT2D eigenvalue weighted by Gasteiger charge is -2.27. The molecule has 6 heteroatoms. The molecule has 1 aliphatic rings. The van der Waals surface area contributed by atoms with Crippen molar-refractivity contribution in [2.45, 2.75) is 38.3 Å². The van der Waals surface area contributed by atoms with E-state index in [9.17, 15) is 4.79 Å². The first-order chi connectivity index (χ1) is 11.1. The van der Waals surface area contributed by atoms with Crippen molar-refractivity contribution in [3.8, 4) is 0 Å². The quantitative estimate of drug-likeness (QED) is 0.892. The highest BCUT2D eigenvalue weighted by Crippen LogP contribution is 2.30. The summed E-state index contributed by atoms with van der Waals surface area (Å²) in [4.78, 5) is 12.6. The van der Waals surface area contributed by atoms with Gasteiger partial charge in [-0.05, 0) is 24.8 Å². The van der Waals surface area contributed by atoms with E-state index in [2.05, 4.69) is 10.4 Å². The lowest BCUT2D eigenvalue weighted by atomic mass is 9.90. The summed E-state index contributed by atoms with van der Waals surface area (Å²) >= 11 is 0. The number of halogens is 1. The lowest BCUT2D eigenvalue weighted by molar-refractivity contribution is -0.126. The number of aromatic nitrogens is 2. The van der Waals surface area contributed by atoms with Crippen LogP contribution in [-0.4, -0.2) is 15.7 Å². The minimum Gasteiger partial charge on any atom is -0.349 e. The van der Waals surface area contributed by atoms with Gasteiger partial charge in [0.1, 0.15) is 0 Å². The number of carbonyl (C=O) groups excluding carboxylic acids is 1. The van der Waals surface area contributed by atoms with Crippen molar-refractivity contribution in [3.05, 3.63) is 53.3 Å². The third-order valence-electron chi connectivity index (χ3n) is 4.83. The SMILES string of the molecule is CC(C(=O)NC1CCCc2c1cnn2C)C(N)c1ccccc1.Cl. The van der Waals surface area contributed by atoms with Crippen LogP contribution in [0.3, 0.4) is 0 Å². The van der Waals surface area contributed by atoms with Gasteiger partial charge in [-0.1, -0.05) is 37.3 Å². The van der Waals surface area contributed by atoms with E-state index in [0.29, 0.717) is 0 Å². The number of hydrogen-bond donors (Lipinski definition) is 2. The second-order valence-electron chi connectivity index (χ2n) is 6.35. The Morgan fingerprint density at radius 3 is 2.79 bits per heavy atom. The topological polar surface area (TPSA) is 72.9 Å². The molecule has 1 aliphatic carbocycles. The Kier molecular flexibility index (Phi) is 6.02. The minimum atomic E-state index is -0.298. The molecule has 0 fully saturated rings. The Morgan fingerprint density at radius 1 is 1.38 bits per heavy atom. The number of hydrogen-bond acceptors (Lipinski definition) is 3. The zero-order valence-electron chi connectivity index (χ0n) is 14.1. The van der Waals surface area contributed by atoms with Crippen LogP contribution in [0.25, 0.3) is 0 Å². The van der Waals surface area contributed by atoms with Crippen LogP contribution in [0.4, 0.5) is 0 Å². The largest absolute Gasteiger partial charge is 0.349 e. The van der Waals surface area contributed by atoms with Gasteiger partial charge in [0, 0.05) is 24.3 Å². The molecular formula is C18H25ClN4O. The monoisotopic (exact) mass is 348 g/mol. The van der Waals surface area contributed by atoms with E-state index < -0.39 is 0 Å². The maximum Gasteiger partial charge on any atom is 0.225 e. The fraction of sp³-hybridized carbons (Fsp3) is 0.444. The van der Waals surface area contributed by atoms with Gasteiger partial charge < -0.3 is 11.1 Å². The molecule has 2 aromatic rings. The van der Waals surface area contributed by atoms with E-state index in [0.717, 1.165) is 30.4 Å². The standard InChI is InChI=1S/C18H24N4O.ClH/c1-12(17(19)13-7-4-3-5-8-13)18(23)21-15-9-6-10-16-14(15)11-20-22(16)2;/h3-5,7-8,11-12,15,17H,6,9-10,19H2,1-2H3,(H,21,23);1H. The molecule has 130 valence electrons. The average Bonchev–Trinajstić information content (AvgIpc) is 2.97. The number of rotatable bonds is 4. The maximum absolute atomic E-state index is 12.6. The maximum atomic E-state index is 12.6. The van der Waals surface area contributed by atoms with Crippen LogP contribution in [0.2, 0.25) is 0 Å². The molecule has 0 aliphatic heterocycles. The highest BCUT2D eigenvalue weighted by Gasteiger charge is 2.28. The highest BCUT2D eigenvalue weighted by atomic mass is 35.5. The second-order valence-corrected chi connectivity index (χ2v) is 6.35. The van der Waals surface area contributed by atoms with Gasteiger partial charge in [-0.3, -0.25) is 9.48 Å². The van der Waals surface area contributed by atoms with Crippen molar-refractivity contribution in [3.63, 3.8) is 0 Å². The second kappa shape index (κ2) is 7.81. The fourth-order valence-electron chi connectivity index (χ4n) is 3.29. The number of nitrogens with zero attached hydrogens (tertiary/aromatic N) is 2. The number of carbonyl (C=O) groups is 1. The van der Waals surface area contributed by atoms with E-state index >= 15 is 0 Å². The van der Waals surface area contributed by atoms with Crippen molar-refractivity contribution >= 4 is 18.3 Å². The first kappa shape index (κ1) is 18.5. The van der Waals surface area contributed by atoms with Crippen LogP contribution in [0.1, 0.15) is 48.7 Å². The zero-order valence-corrected chi connectivity index (χ0v) is 14.9. The Labute approximate surface area is 149 Å². The van der Waals surface area contributed by atoms with Crippen LogP contribution in [-0.2, 0) is 18.3 Å². The summed E-state index contributed by atoms with van der Waals surface area (Å²) in [7, 11) is 1.96. The van der Waals surface area contributed by atoms with E-state index in [1.54, 1.807) is 0 Å². The van der Waals surface area contributed by atoms with Crippen molar-refractivity contribution in [1.29, 1.82) is 0 Å². The highest BCUT2D eigenvalue weighted by molar-refractivity contribution is 5.85. The van der Waals surface area contributed by atoms with Crippen molar-refractivity contribution in [2.24, 2.45) is 18.7 Å². The number of benzene rings is 1. The molecule has 1 heterocycles. The third kappa shape index (κ3) is 3.62. The molecule has 0 radical (unpaired) electrons. The summed E-state index contributed by atoms with van der Waals surface area (Å²) < 4.78 is 1.91. The summed E-state index contributed by atoms with van der Waals surface area (Å²) in [6.45, 7) is 1.89. The van der Waals surface area contributed by atoms with Crippen LogP contribution < -0.4 is 11.1 Å². The summed E-state index contributed by atoms with van der Waals surface area (Å²) in [5, 5.41) is 7.49. The Morgan fingerprint density at radius 2 is 2.08 bits per heavy atom. The number of nitrogens with two attached hydrogens (primary N) is 1. The smallest absolute Gasteiger partial charge is 0.225 e. The van der Waals surface area contributed by atoms with E-state index in [4.69, 9.17) is 5.73 Å². The first-order valence-electron chi connectivity index (χ1n) is 8.19. The predicted molar refractivity (Wildman–Crippen MR) is 96.8 cm³/mol. The van der Waals surface area contributed by atoms with E-state index in [1.807, 2.05) is 55.2 Å². The zero-order chi connectivity index (χ0) is 16.4. The number of amides is 1. The Balaban J connectivity index is 0.00000208. The van der Waals surface area contributed by atoms with Crippen molar-refractivity contribution in [2.75, 3.05) is 0 Å². The Bertz CT molecular complexity index is 686. The van der Waals surface area contributed by atoms with Crippen molar-refractivity contribution < 1.29 is 4.79 Å². The van der Waals surface area contributed by atoms with Gasteiger partial charge in [-0.25, -0.2) is 0 Å². The third-order valence-corrected chi connectivity index (χ3v) is 4.83. The molecule has 3 atom stereocenters. The van der Waals surface area contributed by atoms with E-state index in [-0.39, 0.29) is 36.3 Å².